The maximum absolute atomic E-state index is 13.2. The molecule has 0 aliphatic carbocycles. The number of halogens is 5. The van der Waals surface area contributed by atoms with Gasteiger partial charge in [0, 0.05) is 12.2 Å². The summed E-state index contributed by atoms with van der Waals surface area (Å²) >= 11 is 23.2. The van der Waals surface area contributed by atoms with E-state index >= 15 is 0 Å². The summed E-state index contributed by atoms with van der Waals surface area (Å²) in [7, 11) is 0. The largest absolute Gasteiger partial charge is 0.381 e. The monoisotopic (exact) mass is 337 g/mol. The summed E-state index contributed by atoms with van der Waals surface area (Å²) in [4.78, 5) is 0. The van der Waals surface area contributed by atoms with Crippen LogP contribution in [0.15, 0.2) is 30.3 Å². The van der Waals surface area contributed by atoms with Gasteiger partial charge in [-0.05, 0) is 29.8 Å². The zero-order valence-electron chi connectivity index (χ0n) is 9.48. The van der Waals surface area contributed by atoms with Crippen LogP contribution >= 0.6 is 46.4 Å². The Morgan fingerprint density at radius 1 is 0.842 bits per heavy atom. The maximum Gasteiger partial charge on any atom is 0.160 e. The smallest absolute Gasteiger partial charge is 0.160 e. The Balaban J connectivity index is 2.12. The average molecular weight is 339 g/mol. The number of rotatable bonds is 3. The van der Waals surface area contributed by atoms with E-state index < -0.39 is 5.82 Å². The van der Waals surface area contributed by atoms with Gasteiger partial charge in [0.05, 0.1) is 20.1 Å². The fourth-order valence-corrected chi connectivity index (χ4v) is 2.32. The Kier molecular flexibility index (Phi) is 4.80. The third-order valence-corrected chi connectivity index (χ3v) is 3.75. The molecule has 0 bridgehead atoms. The maximum atomic E-state index is 13.2. The Bertz CT molecular complexity index is 593. The van der Waals surface area contributed by atoms with Crippen LogP contribution < -0.4 is 5.32 Å². The van der Waals surface area contributed by atoms with Gasteiger partial charge in [-0.15, -0.1) is 0 Å². The molecule has 6 heteroatoms. The molecule has 0 radical (unpaired) electrons. The molecular formula is C13H8Cl4FN. The molecule has 0 atom stereocenters. The quantitative estimate of drug-likeness (QED) is 0.671. The Morgan fingerprint density at radius 3 is 2.05 bits per heavy atom. The van der Waals surface area contributed by atoms with Crippen LogP contribution in [0, 0.1) is 5.82 Å². The third-order valence-electron chi connectivity index (χ3n) is 2.46. The van der Waals surface area contributed by atoms with Crippen LogP contribution in [0.5, 0.6) is 0 Å². The second-order valence-electron chi connectivity index (χ2n) is 3.86. The van der Waals surface area contributed by atoms with Crippen molar-refractivity contribution in [2.75, 3.05) is 5.32 Å². The van der Waals surface area contributed by atoms with Gasteiger partial charge in [-0.3, -0.25) is 0 Å². The lowest BCUT2D eigenvalue weighted by atomic mass is 10.2. The minimum absolute atomic E-state index is 0.0239. The summed E-state index contributed by atoms with van der Waals surface area (Å²) < 4.78 is 13.2. The molecule has 2 aromatic carbocycles. The number of benzene rings is 2. The lowest BCUT2D eigenvalue weighted by Gasteiger charge is -2.09. The van der Waals surface area contributed by atoms with Gasteiger partial charge in [0.1, 0.15) is 0 Å². The highest BCUT2D eigenvalue weighted by Crippen LogP contribution is 2.28. The van der Waals surface area contributed by atoms with Crippen LogP contribution in [0.2, 0.25) is 20.1 Å². The molecule has 0 amide bonds. The van der Waals surface area contributed by atoms with Crippen molar-refractivity contribution in [2.24, 2.45) is 0 Å². The van der Waals surface area contributed by atoms with Gasteiger partial charge in [-0.25, -0.2) is 4.39 Å². The lowest BCUT2D eigenvalue weighted by Crippen LogP contribution is -2.00. The summed E-state index contributed by atoms with van der Waals surface area (Å²) in [6.45, 7) is 0.495. The molecule has 0 aromatic heterocycles. The zero-order valence-corrected chi connectivity index (χ0v) is 12.5. The lowest BCUT2D eigenvalue weighted by molar-refractivity contribution is 0.629. The van der Waals surface area contributed by atoms with Gasteiger partial charge >= 0.3 is 0 Å². The van der Waals surface area contributed by atoms with Crippen LogP contribution in [0.1, 0.15) is 5.56 Å². The van der Waals surface area contributed by atoms with E-state index in [1.807, 2.05) is 6.07 Å². The molecule has 1 nitrogen and oxygen atoms in total. The van der Waals surface area contributed by atoms with Gasteiger partial charge in [-0.1, -0.05) is 52.5 Å². The van der Waals surface area contributed by atoms with Crippen molar-refractivity contribution in [3.05, 3.63) is 61.8 Å². The van der Waals surface area contributed by atoms with Crippen molar-refractivity contribution in [1.82, 2.24) is 0 Å². The number of nitrogens with one attached hydrogen (secondary N) is 1. The molecule has 0 heterocycles. The van der Waals surface area contributed by atoms with Crippen LogP contribution in [-0.4, -0.2) is 0 Å². The van der Waals surface area contributed by atoms with Gasteiger partial charge in [0.2, 0.25) is 0 Å². The summed E-state index contributed by atoms with van der Waals surface area (Å²) in [5.41, 5.74) is 1.56. The van der Waals surface area contributed by atoms with Crippen molar-refractivity contribution in [1.29, 1.82) is 0 Å². The molecule has 0 fully saturated rings. The van der Waals surface area contributed by atoms with E-state index in [0.717, 1.165) is 5.56 Å². The predicted octanol–water partition coefficient (Wildman–Crippen LogP) is 6.05. The van der Waals surface area contributed by atoms with Crippen molar-refractivity contribution >= 4 is 52.1 Å². The molecule has 2 aromatic rings. The molecule has 1 N–H and O–H groups in total. The van der Waals surface area contributed by atoms with Gasteiger partial charge in [0.15, 0.2) is 5.82 Å². The van der Waals surface area contributed by atoms with Crippen LogP contribution in [0.4, 0.5) is 10.1 Å². The fourth-order valence-electron chi connectivity index (χ4n) is 1.51. The van der Waals surface area contributed by atoms with Crippen molar-refractivity contribution < 1.29 is 4.39 Å². The van der Waals surface area contributed by atoms with Gasteiger partial charge in [-0.2, -0.15) is 0 Å². The Morgan fingerprint density at radius 2 is 1.47 bits per heavy atom. The van der Waals surface area contributed by atoms with E-state index in [4.69, 9.17) is 46.4 Å². The van der Waals surface area contributed by atoms with Crippen LogP contribution in [-0.2, 0) is 6.54 Å². The summed E-state index contributed by atoms with van der Waals surface area (Å²) in [5.74, 6) is -0.622. The molecule has 19 heavy (non-hydrogen) atoms. The van der Waals surface area contributed by atoms with Crippen LogP contribution in [0.25, 0.3) is 0 Å². The molecule has 0 saturated carbocycles. The highest BCUT2D eigenvalue weighted by atomic mass is 35.5. The van der Waals surface area contributed by atoms with Gasteiger partial charge < -0.3 is 5.32 Å². The number of anilines is 1. The fraction of sp³-hybridized carbons (Fsp3) is 0.0769. The van der Waals surface area contributed by atoms with E-state index in [2.05, 4.69) is 5.32 Å². The van der Waals surface area contributed by atoms with Crippen LogP contribution in [0.3, 0.4) is 0 Å². The van der Waals surface area contributed by atoms with Crippen molar-refractivity contribution in [2.45, 2.75) is 6.54 Å². The highest BCUT2D eigenvalue weighted by Gasteiger charge is 2.07. The molecule has 0 unspecified atom stereocenters. The minimum Gasteiger partial charge on any atom is -0.381 e. The predicted molar refractivity (Wildman–Crippen MR) is 80.2 cm³/mol. The van der Waals surface area contributed by atoms with Crippen molar-refractivity contribution in [3.63, 3.8) is 0 Å². The molecule has 100 valence electrons. The first-order valence-corrected chi connectivity index (χ1v) is 6.81. The number of hydrogen-bond acceptors (Lipinski definition) is 1. The molecular weight excluding hydrogens is 331 g/mol. The highest BCUT2D eigenvalue weighted by molar-refractivity contribution is 6.42. The summed E-state index contributed by atoms with van der Waals surface area (Å²) in [6, 6.07) is 8.25. The van der Waals surface area contributed by atoms with E-state index in [9.17, 15) is 4.39 Å². The molecule has 0 spiro atoms. The first-order valence-electron chi connectivity index (χ1n) is 5.29. The second-order valence-corrected chi connectivity index (χ2v) is 5.48. The standard InChI is InChI=1S/C13H8Cl4FN/c14-9-2-1-7(3-10(9)15)6-19-8-4-11(16)13(18)12(17)5-8/h1-5,19H,6H2. The first kappa shape index (κ1) is 14.7. The Hall–Kier alpha value is -0.670. The van der Waals surface area contributed by atoms with Crippen molar-refractivity contribution in [3.8, 4) is 0 Å². The average Bonchev–Trinajstić information content (AvgIpc) is 2.37. The van der Waals surface area contributed by atoms with E-state index in [-0.39, 0.29) is 10.0 Å². The SMILES string of the molecule is Fc1c(Cl)cc(NCc2ccc(Cl)c(Cl)c2)cc1Cl. The van der Waals surface area contributed by atoms with E-state index in [1.165, 1.54) is 12.1 Å². The minimum atomic E-state index is -0.622. The Labute approximate surface area is 130 Å². The normalized spacial score (nSPS) is 10.6. The molecule has 2 rings (SSSR count). The number of hydrogen-bond donors (Lipinski definition) is 1. The third kappa shape index (κ3) is 3.67. The molecule has 0 saturated heterocycles. The molecule has 0 aliphatic heterocycles. The van der Waals surface area contributed by atoms with E-state index in [0.29, 0.717) is 22.3 Å². The van der Waals surface area contributed by atoms with Gasteiger partial charge in [0.25, 0.3) is 0 Å². The zero-order chi connectivity index (χ0) is 14.0. The summed E-state index contributed by atoms with van der Waals surface area (Å²) in [5, 5.41) is 4.01. The second kappa shape index (κ2) is 6.19. The topological polar surface area (TPSA) is 12.0 Å². The van der Waals surface area contributed by atoms with E-state index in [1.54, 1.807) is 12.1 Å². The molecule has 0 aliphatic rings. The first-order chi connectivity index (χ1) is 8.97. The summed E-state index contributed by atoms with van der Waals surface area (Å²) in [6.07, 6.45) is 0.